The van der Waals surface area contributed by atoms with Crippen molar-refractivity contribution in [3.63, 3.8) is 0 Å². The van der Waals surface area contributed by atoms with Gasteiger partial charge in [0.1, 0.15) is 5.60 Å². The molecular weight excluding hydrogens is 342 g/mol. The highest BCUT2D eigenvalue weighted by atomic mass is 16.6. The molecule has 0 aliphatic rings. The number of rotatable bonds is 7. The summed E-state index contributed by atoms with van der Waals surface area (Å²) in [6, 6.07) is 7.38. The summed E-state index contributed by atoms with van der Waals surface area (Å²) in [6.45, 7) is 10.3. The molecule has 1 atom stereocenters. The summed E-state index contributed by atoms with van der Waals surface area (Å²) in [5, 5.41) is 4.19. The van der Waals surface area contributed by atoms with Crippen LogP contribution in [0.3, 0.4) is 0 Å². The zero-order valence-corrected chi connectivity index (χ0v) is 16.9. The van der Waals surface area contributed by atoms with Crippen LogP contribution in [0, 0.1) is 5.92 Å². The SMILES string of the molecule is CC(C)CC[C@@H](NCc1ccc2c(ccn2C(=O)OC(C)(C)C)c1)C(N)=O. The lowest BCUT2D eigenvalue weighted by atomic mass is 10.0. The Bertz CT molecular complexity index is 803. The number of primary amides is 1. The Morgan fingerprint density at radius 2 is 1.89 bits per heavy atom. The lowest BCUT2D eigenvalue weighted by molar-refractivity contribution is -0.120. The van der Waals surface area contributed by atoms with Gasteiger partial charge in [0.05, 0.1) is 11.6 Å². The molecule has 6 heteroatoms. The number of nitrogens with two attached hydrogens (primary N) is 1. The van der Waals surface area contributed by atoms with E-state index in [1.54, 1.807) is 6.20 Å². The van der Waals surface area contributed by atoms with Gasteiger partial charge in [-0.15, -0.1) is 0 Å². The highest BCUT2D eigenvalue weighted by molar-refractivity contribution is 5.90. The predicted octanol–water partition coefficient (Wildman–Crippen LogP) is 3.80. The second-order valence-corrected chi connectivity index (χ2v) is 8.37. The molecule has 0 bridgehead atoms. The van der Waals surface area contributed by atoms with Crippen LogP contribution in [0.15, 0.2) is 30.5 Å². The first-order chi connectivity index (χ1) is 12.6. The van der Waals surface area contributed by atoms with Gasteiger partial charge in [-0.2, -0.15) is 0 Å². The highest BCUT2D eigenvalue weighted by Crippen LogP contribution is 2.20. The third-order valence-electron chi connectivity index (χ3n) is 4.27. The van der Waals surface area contributed by atoms with Crippen molar-refractivity contribution in [3.8, 4) is 0 Å². The molecule has 1 aromatic carbocycles. The third kappa shape index (κ3) is 6.10. The van der Waals surface area contributed by atoms with E-state index in [2.05, 4.69) is 19.2 Å². The molecule has 1 heterocycles. The van der Waals surface area contributed by atoms with Crippen LogP contribution in [0.4, 0.5) is 4.79 Å². The smallest absolute Gasteiger partial charge is 0.418 e. The van der Waals surface area contributed by atoms with Gasteiger partial charge < -0.3 is 15.8 Å². The largest absolute Gasteiger partial charge is 0.443 e. The summed E-state index contributed by atoms with van der Waals surface area (Å²) < 4.78 is 6.94. The van der Waals surface area contributed by atoms with Crippen LogP contribution in [0.1, 0.15) is 53.0 Å². The number of amides is 1. The average Bonchev–Trinajstić information content (AvgIpc) is 2.95. The van der Waals surface area contributed by atoms with E-state index >= 15 is 0 Å². The second-order valence-electron chi connectivity index (χ2n) is 8.37. The van der Waals surface area contributed by atoms with E-state index in [0.717, 1.165) is 29.3 Å². The Morgan fingerprint density at radius 3 is 2.48 bits per heavy atom. The molecule has 1 aromatic heterocycles. The van der Waals surface area contributed by atoms with Gasteiger partial charge in [0.2, 0.25) is 5.91 Å². The number of ether oxygens (including phenoxy) is 1. The van der Waals surface area contributed by atoms with E-state index in [4.69, 9.17) is 10.5 Å². The first kappa shape index (κ1) is 21.0. The van der Waals surface area contributed by atoms with E-state index in [9.17, 15) is 9.59 Å². The zero-order chi connectivity index (χ0) is 20.2. The summed E-state index contributed by atoms with van der Waals surface area (Å²) in [4.78, 5) is 24.0. The van der Waals surface area contributed by atoms with Gasteiger partial charge in [-0.25, -0.2) is 4.79 Å². The van der Waals surface area contributed by atoms with Crippen LogP contribution >= 0.6 is 0 Å². The fraction of sp³-hybridized carbons (Fsp3) is 0.524. The van der Waals surface area contributed by atoms with Gasteiger partial charge in [-0.05, 0) is 63.3 Å². The number of nitrogens with one attached hydrogen (secondary N) is 1. The molecule has 0 aliphatic carbocycles. The number of carbonyl (C=O) groups is 2. The van der Waals surface area contributed by atoms with Gasteiger partial charge in [-0.3, -0.25) is 9.36 Å². The Kier molecular flexibility index (Phi) is 6.65. The monoisotopic (exact) mass is 373 g/mol. The molecule has 0 fully saturated rings. The lowest BCUT2D eigenvalue weighted by Crippen LogP contribution is -2.41. The molecule has 0 radical (unpaired) electrons. The fourth-order valence-corrected chi connectivity index (χ4v) is 2.86. The Balaban J connectivity index is 2.08. The summed E-state index contributed by atoms with van der Waals surface area (Å²) >= 11 is 0. The van der Waals surface area contributed by atoms with E-state index < -0.39 is 11.7 Å². The predicted molar refractivity (Wildman–Crippen MR) is 107 cm³/mol. The van der Waals surface area contributed by atoms with Crippen molar-refractivity contribution in [2.24, 2.45) is 11.7 Å². The maximum atomic E-state index is 12.3. The first-order valence-electron chi connectivity index (χ1n) is 9.43. The quantitative estimate of drug-likeness (QED) is 0.773. The molecule has 2 rings (SSSR count). The molecule has 1 amide bonds. The number of aromatic nitrogens is 1. The summed E-state index contributed by atoms with van der Waals surface area (Å²) in [7, 11) is 0. The van der Waals surface area contributed by atoms with Crippen molar-refractivity contribution >= 4 is 22.9 Å². The minimum Gasteiger partial charge on any atom is -0.443 e. The third-order valence-corrected chi connectivity index (χ3v) is 4.27. The maximum Gasteiger partial charge on any atom is 0.418 e. The fourth-order valence-electron chi connectivity index (χ4n) is 2.86. The van der Waals surface area contributed by atoms with Crippen LogP contribution < -0.4 is 11.1 Å². The normalized spacial score (nSPS) is 13.1. The molecule has 0 aliphatic heterocycles. The molecule has 27 heavy (non-hydrogen) atoms. The van der Waals surface area contributed by atoms with Crippen molar-refractivity contribution in [3.05, 3.63) is 36.0 Å². The molecule has 0 unspecified atom stereocenters. The lowest BCUT2D eigenvalue weighted by Gasteiger charge is -2.19. The van der Waals surface area contributed by atoms with Crippen molar-refractivity contribution in [2.75, 3.05) is 0 Å². The molecule has 2 aromatic rings. The minimum atomic E-state index is -0.544. The van der Waals surface area contributed by atoms with Gasteiger partial charge in [0.15, 0.2) is 0 Å². The van der Waals surface area contributed by atoms with Crippen molar-refractivity contribution < 1.29 is 14.3 Å². The van der Waals surface area contributed by atoms with Crippen LogP contribution in [0.25, 0.3) is 10.9 Å². The molecule has 0 saturated heterocycles. The van der Waals surface area contributed by atoms with Crippen molar-refractivity contribution in [2.45, 2.75) is 65.6 Å². The number of carbonyl (C=O) groups excluding carboxylic acids is 2. The summed E-state index contributed by atoms with van der Waals surface area (Å²) in [6.07, 6.45) is 2.99. The standard InChI is InChI=1S/C21H31N3O3/c1-14(2)6-8-17(19(22)25)23-13-15-7-9-18-16(12-15)10-11-24(18)20(26)27-21(3,4)5/h7,9-12,14,17,23H,6,8,13H2,1-5H3,(H2,22,25)/t17-/m1/s1. The number of benzene rings is 1. The molecule has 0 spiro atoms. The maximum absolute atomic E-state index is 12.3. The first-order valence-corrected chi connectivity index (χ1v) is 9.43. The van der Waals surface area contributed by atoms with Gasteiger partial charge in [0.25, 0.3) is 0 Å². The molecule has 148 valence electrons. The Labute approximate surface area is 161 Å². The molecular formula is C21H31N3O3. The van der Waals surface area contributed by atoms with E-state index in [-0.39, 0.29) is 11.9 Å². The topological polar surface area (TPSA) is 86.3 Å². The number of hydrogen-bond donors (Lipinski definition) is 2. The Hall–Kier alpha value is -2.34. The summed E-state index contributed by atoms with van der Waals surface area (Å²) in [5.41, 5.74) is 6.78. The molecule has 3 N–H and O–H groups in total. The molecule has 6 nitrogen and oxygen atoms in total. The number of fused-ring (bicyclic) bond motifs is 1. The van der Waals surface area contributed by atoms with Crippen LogP contribution in [0.2, 0.25) is 0 Å². The van der Waals surface area contributed by atoms with Crippen LogP contribution in [0.5, 0.6) is 0 Å². The van der Waals surface area contributed by atoms with E-state index in [0.29, 0.717) is 12.5 Å². The van der Waals surface area contributed by atoms with Crippen LogP contribution in [-0.2, 0) is 16.1 Å². The van der Waals surface area contributed by atoms with Crippen molar-refractivity contribution in [1.82, 2.24) is 9.88 Å². The molecule has 0 saturated carbocycles. The zero-order valence-electron chi connectivity index (χ0n) is 16.9. The highest BCUT2D eigenvalue weighted by Gasteiger charge is 2.19. The number of nitrogens with zero attached hydrogens (tertiary/aromatic N) is 1. The minimum absolute atomic E-state index is 0.326. The van der Waals surface area contributed by atoms with E-state index in [1.165, 1.54) is 4.57 Å². The van der Waals surface area contributed by atoms with Gasteiger partial charge in [0, 0.05) is 18.1 Å². The van der Waals surface area contributed by atoms with Gasteiger partial charge in [-0.1, -0.05) is 19.9 Å². The number of hydrogen-bond acceptors (Lipinski definition) is 4. The summed E-state index contributed by atoms with van der Waals surface area (Å²) in [5.74, 6) is 0.199. The second kappa shape index (κ2) is 8.57. The van der Waals surface area contributed by atoms with E-state index in [1.807, 2.05) is 45.0 Å². The average molecular weight is 373 g/mol. The van der Waals surface area contributed by atoms with Crippen LogP contribution in [-0.4, -0.2) is 28.2 Å². The Morgan fingerprint density at radius 1 is 1.19 bits per heavy atom. The van der Waals surface area contributed by atoms with Crippen molar-refractivity contribution in [1.29, 1.82) is 0 Å². The van der Waals surface area contributed by atoms with Gasteiger partial charge >= 0.3 is 6.09 Å².